The average Bonchev–Trinajstić information content (AvgIpc) is 2.97. The second kappa shape index (κ2) is 5.82. The van der Waals surface area contributed by atoms with Gasteiger partial charge in [-0.1, -0.05) is 6.07 Å². The van der Waals surface area contributed by atoms with Crippen molar-refractivity contribution in [3.8, 4) is 0 Å². The number of hydrogen-bond acceptors (Lipinski definition) is 3. The quantitative estimate of drug-likeness (QED) is 0.786. The van der Waals surface area contributed by atoms with Gasteiger partial charge in [0.15, 0.2) is 5.43 Å². The molecular weight excluding hydrogens is 282 g/mol. The van der Waals surface area contributed by atoms with Crippen molar-refractivity contribution in [3.63, 3.8) is 0 Å². The number of benzene rings is 1. The minimum Gasteiger partial charge on any atom is -0.468 e. The highest BCUT2D eigenvalue weighted by Gasteiger charge is 2.07. The van der Waals surface area contributed by atoms with E-state index in [9.17, 15) is 4.79 Å². The Bertz CT molecular complexity index is 819. The van der Waals surface area contributed by atoms with Crippen LogP contribution < -0.4 is 5.43 Å². The molecule has 0 saturated heterocycles. The van der Waals surface area contributed by atoms with Crippen LogP contribution in [0.4, 0.5) is 0 Å². The fourth-order valence-corrected chi connectivity index (χ4v) is 3.19. The van der Waals surface area contributed by atoms with E-state index in [0.717, 1.165) is 39.4 Å². The second-order valence-electron chi connectivity index (χ2n) is 5.16. The molecule has 0 bridgehead atoms. The molecule has 2 aromatic heterocycles. The molecule has 0 aliphatic heterocycles. The highest BCUT2D eigenvalue weighted by atomic mass is 32.2. The normalized spacial score (nSPS) is 11.1. The Morgan fingerprint density at radius 1 is 1.19 bits per heavy atom. The molecule has 3 nitrogen and oxygen atoms in total. The van der Waals surface area contributed by atoms with Crippen LogP contribution in [0.2, 0.25) is 0 Å². The predicted octanol–water partition coefficient (Wildman–Crippen LogP) is 4.17. The summed E-state index contributed by atoms with van der Waals surface area (Å²) < 4.78 is 5.31. The number of aryl methyl sites for hydroxylation is 2. The van der Waals surface area contributed by atoms with Crippen molar-refractivity contribution < 1.29 is 4.42 Å². The summed E-state index contributed by atoms with van der Waals surface area (Å²) in [5.74, 6) is 2.52. The van der Waals surface area contributed by atoms with Gasteiger partial charge in [-0.2, -0.15) is 0 Å². The fourth-order valence-electron chi connectivity index (χ4n) is 2.35. The summed E-state index contributed by atoms with van der Waals surface area (Å²) in [6.07, 6.45) is 1.68. The topological polar surface area (TPSA) is 46.0 Å². The molecule has 108 valence electrons. The van der Waals surface area contributed by atoms with Crippen LogP contribution in [0.3, 0.4) is 0 Å². The first-order valence-corrected chi connectivity index (χ1v) is 8.03. The third-order valence-corrected chi connectivity index (χ3v) is 4.68. The molecule has 0 spiro atoms. The molecule has 0 radical (unpaired) electrons. The summed E-state index contributed by atoms with van der Waals surface area (Å²) in [7, 11) is 0. The number of thioether (sulfide) groups is 1. The Labute approximate surface area is 127 Å². The van der Waals surface area contributed by atoms with E-state index in [-0.39, 0.29) is 5.43 Å². The maximum absolute atomic E-state index is 12.2. The lowest BCUT2D eigenvalue weighted by molar-refractivity contribution is 0.530. The average molecular weight is 299 g/mol. The summed E-state index contributed by atoms with van der Waals surface area (Å²) in [6, 6.07) is 9.45. The van der Waals surface area contributed by atoms with Crippen molar-refractivity contribution in [1.82, 2.24) is 4.98 Å². The number of furan rings is 1. The van der Waals surface area contributed by atoms with Crippen LogP contribution >= 0.6 is 11.8 Å². The summed E-state index contributed by atoms with van der Waals surface area (Å²) in [5.41, 5.74) is 4.33. The van der Waals surface area contributed by atoms with E-state index in [1.165, 1.54) is 5.56 Å². The van der Waals surface area contributed by atoms with Crippen LogP contribution in [0.1, 0.15) is 22.6 Å². The molecule has 4 heteroatoms. The van der Waals surface area contributed by atoms with Gasteiger partial charge in [0.25, 0.3) is 0 Å². The molecule has 0 aliphatic rings. The Balaban J connectivity index is 1.86. The molecular formula is C17H17NO2S. The van der Waals surface area contributed by atoms with Crippen LogP contribution in [0, 0.1) is 13.8 Å². The third-order valence-electron chi connectivity index (χ3n) is 3.67. The van der Waals surface area contributed by atoms with Gasteiger partial charge in [-0.15, -0.1) is 11.8 Å². The predicted molar refractivity (Wildman–Crippen MR) is 87.7 cm³/mol. The lowest BCUT2D eigenvalue weighted by atomic mass is 10.0. The summed E-state index contributed by atoms with van der Waals surface area (Å²) >= 11 is 1.73. The van der Waals surface area contributed by atoms with Crippen LogP contribution in [0.25, 0.3) is 10.9 Å². The maximum Gasteiger partial charge on any atom is 0.189 e. The Hall–Kier alpha value is -1.94. The largest absolute Gasteiger partial charge is 0.468 e. The molecule has 0 unspecified atom stereocenters. The van der Waals surface area contributed by atoms with Crippen molar-refractivity contribution in [2.75, 3.05) is 0 Å². The smallest absolute Gasteiger partial charge is 0.189 e. The summed E-state index contributed by atoms with van der Waals surface area (Å²) in [5, 5.41) is 0.762. The first-order chi connectivity index (χ1) is 10.1. The number of pyridine rings is 1. The van der Waals surface area contributed by atoms with E-state index in [2.05, 4.69) is 11.9 Å². The van der Waals surface area contributed by atoms with Crippen molar-refractivity contribution in [1.29, 1.82) is 0 Å². The van der Waals surface area contributed by atoms with Crippen molar-refractivity contribution >= 4 is 22.7 Å². The Morgan fingerprint density at radius 3 is 2.81 bits per heavy atom. The monoisotopic (exact) mass is 299 g/mol. The minimum atomic E-state index is 0.0837. The van der Waals surface area contributed by atoms with Crippen LogP contribution in [0.15, 0.2) is 45.8 Å². The lowest BCUT2D eigenvalue weighted by Crippen LogP contribution is -2.06. The maximum atomic E-state index is 12.2. The molecule has 3 aromatic rings. The zero-order valence-corrected chi connectivity index (χ0v) is 12.9. The van der Waals surface area contributed by atoms with Gasteiger partial charge in [-0.05, 0) is 43.2 Å². The minimum absolute atomic E-state index is 0.0837. The highest BCUT2D eigenvalue weighted by molar-refractivity contribution is 7.97. The van der Waals surface area contributed by atoms with Crippen molar-refractivity contribution in [2.45, 2.75) is 25.4 Å². The zero-order chi connectivity index (χ0) is 14.8. The first-order valence-electron chi connectivity index (χ1n) is 6.87. The van der Waals surface area contributed by atoms with E-state index < -0.39 is 0 Å². The fraction of sp³-hybridized carbons (Fsp3) is 0.235. The van der Waals surface area contributed by atoms with Gasteiger partial charge in [0.1, 0.15) is 5.76 Å². The number of fused-ring (bicyclic) bond motifs is 1. The Morgan fingerprint density at radius 2 is 2.05 bits per heavy atom. The van der Waals surface area contributed by atoms with E-state index in [0.29, 0.717) is 0 Å². The molecule has 0 aliphatic carbocycles. The molecule has 21 heavy (non-hydrogen) atoms. The third kappa shape index (κ3) is 2.90. The van der Waals surface area contributed by atoms with Gasteiger partial charge >= 0.3 is 0 Å². The standard InChI is InChI=1S/C17H17NO2S/c1-11-5-6-15-16(19)8-13(18-17(15)12(11)2)9-21-10-14-4-3-7-20-14/h3-8H,9-10H2,1-2H3,(H,18,19). The summed E-state index contributed by atoms with van der Waals surface area (Å²) in [6.45, 7) is 4.11. The van der Waals surface area contributed by atoms with Crippen LogP contribution in [0.5, 0.6) is 0 Å². The number of aromatic amines is 1. The molecule has 1 aromatic carbocycles. The van der Waals surface area contributed by atoms with E-state index in [1.54, 1.807) is 24.1 Å². The van der Waals surface area contributed by atoms with Crippen molar-refractivity contribution in [3.05, 3.63) is 69.4 Å². The molecule has 0 fully saturated rings. The van der Waals surface area contributed by atoms with Gasteiger partial charge in [-0.3, -0.25) is 4.79 Å². The molecule has 0 saturated carbocycles. The Kier molecular flexibility index (Phi) is 3.88. The molecule has 0 amide bonds. The van der Waals surface area contributed by atoms with E-state index >= 15 is 0 Å². The lowest BCUT2D eigenvalue weighted by Gasteiger charge is -2.08. The zero-order valence-electron chi connectivity index (χ0n) is 12.1. The first kappa shape index (κ1) is 14.0. The van der Waals surface area contributed by atoms with Gasteiger partial charge in [0.2, 0.25) is 0 Å². The second-order valence-corrected chi connectivity index (χ2v) is 6.15. The summed E-state index contributed by atoms with van der Waals surface area (Å²) in [4.78, 5) is 15.6. The van der Waals surface area contributed by atoms with Crippen LogP contribution in [-0.2, 0) is 11.5 Å². The van der Waals surface area contributed by atoms with E-state index in [1.807, 2.05) is 31.2 Å². The highest BCUT2D eigenvalue weighted by Crippen LogP contribution is 2.20. The number of nitrogens with one attached hydrogen (secondary N) is 1. The number of hydrogen-bond donors (Lipinski definition) is 1. The molecule has 0 atom stereocenters. The van der Waals surface area contributed by atoms with Crippen LogP contribution in [-0.4, -0.2) is 4.98 Å². The van der Waals surface area contributed by atoms with Crippen molar-refractivity contribution in [2.24, 2.45) is 0 Å². The van der Waals surface area contributed by atoms with Gasteiger partial charge in [0.05, 0.1) is 17.5 Å². The van der Waals surface area contributed by atoms with E-state index in [4.69, 9.17) is 4.42 Å². The number of rotatable bonds is 4. The molecule has 1 N–H and O–H groups in total. The molecule has 3 rings (SSSR count). The molecule has 2 heterocycles. The van der Waals surface area contributed by atoms with Gasteiger partial charge in [0, 0.05) is 22.9 Å². The number of aromatic nitrogens is 1. The van der Waals surface area contributed by atoms with Gasteiger partial charge in [-0.25, -0.2) is 0 Å². The van der Waals surface area contributed by atoms with Gasteiger partial charge < -0.3 is 9.40 Å². The SMILES string of the molecule is Cc1ccc2c(=O)cc(CSCc3ccco3)[nH]c2c1C. The number of H-pyrrole nitrogens is 1.